The van der Waals surface area contributed by atoms with Gasteiger partial charge in [-0.05, 0) is 51.9 Å². The van der Waals surface area contributed by atoms with Crippen molar-refractivity contribution in [3.63, 3.8) is 0 Å². The number of aliphatic hydroxyl groups excluding tert-OH is 1. The van der Waals surface area contributed by atoms with Gasteiger partial charge in [-0.1, -0.05) is 0 Å². The van der Waals surface area contributed by atoms with Gasteiger partial charge in [0.2, 0.25) is 5.95 Å². The van der Waals surface area contributed by atoms with Crippen molar-refractivity contribution in [2.24, 2.45) is 5.92 Å². The van der Waals surface area contributed by atoms with Gasteiger partial charge in [-0.3, -0.25) is 4.68 Å². The summed E-state index contributed by atoms with van der Waals surface area (Å²) in [6.07, 6.45) is 9.52. The number of aliphatic hydroxyl groups is 1. The molecule has 3 heterocycles. The van der Waals surface area contributed by atoms with E-state index >= 15 is 0 Å². The minimum Gasteiger partial charge on any atom is -0.396 e. The number of nitrogens with one attached hydrogen (secondary N) is 1. The summed E-state index contributed by atoms with van der Waals surface area (Å²) >= 11 is 0. The van der Waals surface area contributed by atoms with Gasteiger partial charge in [-0.25, -0.2) is 9.97 Å². The minimum absolute atomic E-state index is 0.295. The standard InChI is InChI=1S/C21H32N6O/c1-3-27-13-17(15(2)25-27)11-22-19-5-4-6-20-18(19)12-23-21(24-20)26-9-7-16(14-28)8-10-26/h12-13,16,19,22,28H,3-11,14H2,1-2H3/t19-/m0/s1. The van der Waals surface area contributed by atoms with Crippen molar-refractivity contribution >= 4 is 5.95 Å². The maximum Gasteiger partial charge on any atom is 0.225 e. The Kier molecular flexibility index (Phi) is 5.92. The molecule has 1 fully saturated rings. The summed E-state index contributed by atoms with van der Waals surface area (Å²) in [5.41, 5.74) is 4.81. The molecule has 2 aliphatic rings. The number of anilines is 1. The summed E-state index contributed by atoms with van der Waals surface area (Å²) in [7, 11) is 0. The third-order valence-electron chi connectivity index (χ3n) is 6.24. The molecule has 2 N–H and O–H groups in total. The molecule has 0 unspecified atom stereocenters. The van der Waals surface area contributed by atoms with E-state index in [2.05, 4.69) is 35.4 Å². The lowest BCUT2D eigenvalue weighted by atomic mass is 9.92. The van der Waals surface area contributed by atoms with Crippen LogP contribution in [0.1, 0.15) is 61.2 Å². The average Bonchev–Trinajstić information content (AvgIpc) is 3.11. The molecule has 0 saturated carbocycles. The van der Waals surface area contributed by atoms with E-state index in [9.17, 15) is 5.11 Å². The molecular formula is C21H32N6O. The quantitative estimate of drug-likeness (QED) is 0.796. The fourth-order valence-electron chi connectivity index (χ4n) is 4.34. The average molecular weight is 385 g/mol. The monoisotopic (exact) mass is 384 g/mol. The zero-order valence-electron chi connectivity index (χ0n) is 17.1. The molecule has 0 bridgehead atoms. The van der Waals surface area contributed by atoms with Crippen molar-refractivity contribution in [1.82, 2.24) is 25.1 Å². The molecule has 1 aliphatic carbocycles. The van der Waals surface area contributed by atoms with Crippen LogP contribution in [0, 0.1) is 12.8 Å². The summed E-state index contributed by atoms with van der Waals surface area (Å²) in [5.74, 6) is 1.29. The van der Waals surface area contributed by atoms with Crippen LogP contribution in [0.2, 0.25) is 0 Å². The number of piperidine rings is 1. The van der Waals surface area contributed by atoms with Gasteiger partial charge in [0.1, 0.15) is 0 Å². The molecule has 1 saturated heterocycles. The van der Waals surface area contributed by atoms with Gasteiger partial charge in [0.25, 0.3) is 0 Å². The van der Waals surface area contributed by atoms with Crippen LogP contribution in [0.5, 0.6) is 0 Å². The van der Waals surface area contributed by atoms with E-state index in [1.807, 2.05) is 10.9 Å². The Labute approximate surface area is 167 Å². The van der Waals surface area contributed by atoms with Gasteiger partial charge in [0.15, 0.2) is 0 Å². The van der Waals surface area contributed by atoms with E-state index in [1.165, 1.54) is 16.8 Å². The maximum absolute atomic E-state index is 9.34. The topological polar surface area (TPSA) is 79.1 Å². The van der Waals surface area contributed by atoms with Crippen LogP contribution < -0.4 is 10.2 Å². The second-order valence-corrected chi connectivity index (χ2v) is 8.11. The number of rotatable bonds is 6. The fraction of sp³-hybridized carbons (Fsp3) is 0.667. The molecular weight excluding hydrogens is 352 g/mol. The van der Waals surface area contributed by atoms with E-state index in [4.69, 9.17) is 9.97 Å². The highest BCUT2D eigenvalue weighted by Crippen LogP contribution is 2.30. The predicted octanol–water partition coefficient (Wildman–Crippen LogP) is 2.38. The van der Waals surface area contributed by atoms with Crippen molar-refractivity contribution in [1.29, 1.82) is 0 Å². The van der Waals surface area contributed by atoms with Gasteiger partial charge in [0, 0.05) is 62.3 Å². The molecule has 0 amide bonds. The van der Waals surface area contributed by atoms with Gasteiger partial charge >= 0.3 is 0 Å². The number of hydrogen-bond donors (Lipinski definition) is 2. The third-order valence-corrected chi connectivity index (χ3v) is 6.24. The normalized spacial score (nSPS) is 20.4. The number of hydrogen-bond acceptors (Lipinski definition) is 6. The van der Waals surface area contributed by atoms with Crippen LogP contribution >= 0.6 is 0 Å². The lowest BCUT2D eigenvalue weighted by Gasteiger charge is -2.32. The van der Waals surface area contributed by atoms with Crippen molar-refractivity contribution in [3.05, 3.63) is 34.9 Å². The second-order valence-electron chi connectivity index (χ2n) is 8.11. The van der Waals surface area contributed by atoms with Crippen LogP contribution in [0.25, 0.3) is 0 Å². The first-order chi connectivity index (χ1) is 13.7. The Morgan fingerprint density at radius 2 is 2.07 bits per heavy atom. The molecule has 7 heteroatoms. The van der Waals surface area contributed by atoms with E-state index in [-0.39, 0.29) is 0 Å². The Hall–Kier alpha value is -1.99. The van der Waals surface area contributed by atoms with Crippen molar-refractivity contribution in [2.45, 2.75) is 65.1 Å². The first-order valence-corrected chi connectivity index (χ1v) is 10.7. The van der Waals surface area contributed by atoms with Gasteiger partial charge < -0.3 is 15.3 Å². The SMILES string of the molecule is CCn1cc(CN[C@H]2CCCc3nc(N4CCC(CO)CC4)ncc32)c(C)n1. The Balaban J connectivity index is 1.43. The highest BCUT2D eigenvalue weighted by molar-refractivity contribution is 5.36. The second kappa shape index (κ2) is 8.57. The molecule has 1 atom stereocenters. The van der Waals surface area contributed by atoms with Crippen molar-refractivity contribution in [2.75, 3.05) is 24.6 Å². The largest absolute Gasteiger partial charge is 0.396 e. The van der Waals surface area contributed by atoms with E-state index in [0.717, 1.165) is 69.9 Å². The third kappa shape index (κ3) is 4.05. The molecule has 0 radical (unpaired) electrons. The molecule has 7 nitrogen and oxygen atoms in total. The van der Waals surface area contributed by atoms with Crippen LogP contribution in [-0.4, -0.2) is 44.6 Å². The summed E-state index contributed by atoms with van der Waals surface area (Å²) in [6, 6.07) is 0.308. The van der Waals surface area contributed by atoms with E-state index in [1.54, 1.807) is 0 Å². The first kappa shape index (κ1) is 19.3. The molecule has 2 aromatic heterocycles. The van der Waals surface area contributed by atoms with E-state index in [0.29, 0.717) is 18.6 Å². The van der Waals surface area contributed by atoms with Crippen molar-refractivity contribution < 1.29 is 5.11 Å². The molecule has 152 valence electrons. The van der Waals surface area contributed by atoms with Crippen LogP contribution in [-0.2, 0) is 19.5 Å². The molecule has 4 rings (SSSR count). The Bertz CT molecular complexity index is 796. The summed E-state index contributed by atoms with van der Waals surface area (Å²) in [4.78, 5) is 11.9. The number of nitrogens with zero attached hydrogens (tertiary/aromatic N) is 5. The lowest BCUT2D eigenvalue weighted by Crippen LogP contribution is -2.36. The zero-order valence-corrected chi connectivity index (χ0v) is 17.1. The van der Waals surface area contributed by atoms with Gasteiger partial charge in [0.05, 0.1) is 11.4 Å². The summed E-state index contributed by atoms with van der Waals surface area (Å²) < 4.78 is 2.00. The lowest BCUT2D eigenvalue weighted by molar-refractivity contribution is 0.202. The summed E-state index contributed by atoms with van der Waals surface area (Å²) in [6.45, 7) is 8.09. The molecule has 0 spiro atoms. The van der Waals surface area contributed by atoms with Crippen molar-refractivity contribution in [3.8, 4) is 0 Å². The maximum atomic E-state index is 9.34. The van der Waals surface area contributed by atoms with Crippen LogP contribution in [0.4, 0.5) is 5.95 Å². The highest BCUT2D eigenvalue weighted by Gasteiger charge is 2.25. The zero-order chi connectivity index (χ0) is 19.5. The van der Waals surface area contributed by atoms with Gasteiger partial charge in [-0.2, -0.15) is 5.10 Å². The smallest absolute Gasteiger partial charge is 0.225 e. The molecule has 28 heavy (non-hydrogen) atoms. The molecule has 2 aromatic rings. The van der Waals surface area contributed by atoms with Crippen LogP contribution in [0.15, 0.2) is 12.4 Å². The minimum atomic E-state index is 0.295. The summed E-state index contributed by atoms with van der Waals surface area (Å²) in [5, 5.41) is 17.6. The van der Waals surface area contributed by atoms with E-state index < -0.39 is 0 Å². The number of aryl methyl sites for hydroxylation is 3. The van der Waals surface area contributed by atoms with Gasteiger partial charge in [-0.15, -0.1) is 0 Å². The molecule has 1 aliphatic heterocycles. The predicted molar refractivity (Wildman–Crippen MR) is 109 cm³/mol. The highest BCUT2D eigenvalue weighted by atomic mass is 16.3. The number of aromatic nitrogens is 4. The molecule has 0 aromatic carbocycles. The first-order valence-electron chi connectivity index (χ1n) is 10.7. The fourth-order valence-corrected chi connectivity index (χ4v) is 4.34. The number of fused-ring (bicyclic) bond motifs is 1. The van der Waals surface area contributed by atoms with Crippen LogP contribution in [0.3, 0.4) is 0 Å². The Morgan fingerprint density at radius 3 is 2.79 bits per heavy atom. The Morgan fingerprint density at radius 1 is 1.25 bits per heavy atom.